The highest BCUT2D eigenvalue weighted by Gasteiger charge is 2.22. The maximum absolute atomic E-state index is 12.9. The zero-order valence-electron chi connectivity index (χ0n) is 14.3. The lowest BCUT2D eigenvalue weighted by molar-refractivity contribution is 0.0629. The number of carbonyl (C=O) groups is 1. The summed E-state index contributed by atoms with van der Waals surface area (Å²) in [5.74, 6) is 0.109. The predicted octanol–water partition coefficient (Wildman–Crippen LogP) is 4.15. The molecule has 4 nitrogen and oxygen atoms in total. The molecule has 0 unspecified atom stereocenters. The largest absolute Gasteiger partial charge is 0.336 e. The summed E-state index contributed by atoms with van der Waals surface area (Å²) in [5, 5.41) is 0. The van der Waals surface area contributed by atoms with Crippen LogP contribution in [0.4, 0.5) is 0 Å². The van der Waals surface area contributed by atoms with E-state index >= 15 is 0 Å². The third kappa shape index (κ3) is 3.85. The van der Waals surface area contributed by atoms with Crippen LogP contribution in [0.25, 0.3) is 5.69 Å². The van der Waals surface area contributed by atoms with Gasteiger partial charge >= 0.3 is 0 Å². The van der Waals surface area contributed by atoms with Crippen molar-refractivity contribution >= 4 is 28.8 Å². The molecular formula is C20H20ClN3OS. The van der Waals surface area contributed by atoms with Gasteiger partial charge < -0.3 is 9.47 Å². The maximum atomic E-state index is 12.9. The Morgan fingerprint density at radius 2 is 1.77 bits per heavy atom. The number of benzene rings is 1. The van der Waals surface area contributed by atoms with Gasteiger partial charge in [-0.25, -0.2) is 0 Å². The Labute approximate surface area is 162 Å². The van der Waals surface area contributed by atoms with Crippen molar-refractivity contribution in [3.8, 4) is 5.69 Å². The molecule has 0 atom stereocenters. The van der Waals surface area contributed by atoms with E-state index < -0.39 is 0 Å². The van der Waals surface area contributed by atoms with Crippen LogP contribution in [0, 0.1) is 0 Å². The van der Waals surface area contributed by atoms with Crippen molar-refractivity contribution in [2.75, 3.05) is 26.2 Å². The average molecular weight is 386 g/mol. The number of nitrogens with zero attached hydrogens (tertiary/aromatic N) is 3. The number of aromatic nitrogens is 1. The molecule has 0 spiro atoms. The molecule has 26 heavy (non-hydrogen) atoms. The van der Waals surface area contributed by atoms with Gasteiger partial charge in [-0.1, -0.05) is 17.7 Å². The molecular weight excluding hydrogens is 366 g/mol. The van der Waals surface area contributed by atoms with Crippen LogP contribution in [0.15, 0.2) is 60.9 Å². The van der Waals surface area contributed by atoms with Gasteiger partial charge in [0.2, 0.25) is 0 Å². The normalized spacial score (nSPS) is 15.3. The lowest BCUT2D eigenvalue weighted by Gasteiger charge is -2.34. The van der Waals surface area contributed by atoms with Crippen LogP contribution in [0.3, 0.4) is 0 Å². The minimum atomic E-state index is 0.109. The minimum Gasteiger partial charge on any atom is -0.336 e. The number of hydrogen-bond donors (Lipinski definition) is 0. The van der Waals surface area contributed by atoms with Gasteiger partial charge in [0.25, 0.3) is 5.91 Å². The van der Waals surface area contributed by atoms with Gasteiger partial charge in [0, 0.05) is 61.2 Å². The standard InChI is InChI=1S/C20H20ClN3OS/c21-19-7-6-18(26-19)15-22-10-12-24(13-11-22)20(25)16-4-3-5-17(14-16)23-8-1-2-9-23/h1-9,14H,10-13,15H2. The van der Waals surface area contributed by atoms with E-state index in [0.717, 1.165) is 48.3 Å². The molecule has 1 fully saturated rings. The SMILES string of the molecule is O=C(c1cccc(-n2cccc2)c1)N1CCN(Cc2ccc(Cl)s2)CC1. The first kappa shape index (κ1) is 17.3. The lowest BCUT2D eigenvalue weighted by Crippen LogP contribution is -2.48. The van der Waals surface area contributed by atoms with Gasteiger partial charge in [0.15, 0.2) is 0 Å². The van der Waals surface area contributed by atoms with Crippen molar-refractivity contribution in [2.24, 2.45) is 0 Å². The van der Waals surface area contributed by atoms with Gasteiger partial charge in [0.1, 0.15) is 0 Å². The number of rotatable bonds is 4. The zero-order chi connectivity index (χ0) is 17.9. The summed E-state index contributed by atoms with van der Waals surface area (Å²) in [6, 6.07) is 15.8. The molecule has 2 aromatic heterocycles. The molecule has 0 aliphatic carbocycles. The Balaban J connectivity index is 1.38. The Hall–Kier alpha value is -2.08. The van der Waals surface area contributed by atoms with Crippen molar-refractivity contribution in [3.05, 3.63) is 75.7 Å². The molecule has 1 aliphatic rings. The summed E-state index contributed by atoms with van der Waals surface area (Å²) < 4.78 is 2.84. The second-order valence-corrected chi connectivity index (χ2v) is 8.21. The first-order valence-electron chi connectivity index (χ1n) is 8.68. The van der Waals surface area contributed by atoms with Gasteiger partial charge in [-0.05, 0) is 42.5 Å². The molecule has 3 aromatic rings. The monoisotopic (exact) mass is 385 g/mol. The first-order valence-corrected chi connectivity index (χ1v) is 9.88. The predicted molar refractivity (Wildman–Crippen MR) is 106 cm³/mol. The molecule has 0 bridgehead atoms. The van der Waals surface area contributed by atoms with Crippen LogP contribution < -0.4 is 0 Å². The zero-order valence-corrected chi connectivity index (χ0v) is 15.9. The van der Waals surface area contributed by atoms with Crippen LogP contribution in [0.2, 0.25) is 4.34 Å². The smallest absolute Gasteiger partial charge is 0.254 e. The number of thiophene rings is 1. The van der Waals surface area contributed by atoms with E-state index in [-0.39, 0.29) is 5.91 Å². The molecule has 3 heterocycles. The summed E-state index contributed by atoms with van der Waals surface area (Å²) >= 11 is 7.63. The Bertz CT molecular complexity index is 882. The van der Waals surface area contributed by atoms with Crippen molar-refractivity contribution in [2.45, 2.75) is 6.54 Å². The molecule has 0 radical (unpaired) electrons. The first-order chi connectivity index (χ1) is 12.7. The average Bonchev–Trinajstić information content (AvgIpc) is 3.34. The number of halogens is 1. The van der Waals surface area contributed by atoms with Crippen molar-refractivity contribution < 1.29 is 4.79 Å². The Morgan fingerprint density at radius 1 is 1.00 bits per heavy atom. The van der Waals surface area contributed by atoms with Crippen LogP contribution in [-0.2, 0) is 6.54 Å². The highest BCUT2D eigenvalue weighted by atomic mass is 35.5. The lowest BCUT2D eigenvalue weighted by atomic mass is 10.1. The maximum Gasteiger partial charge on any atom is 0.254 e. The topological polar surface area (TPSA) is 28.5 Å². The Morgan fingerprint density at radius 3 is 2.46 bits per heavy atom. The molecule has 6 heteroatoms. The molecule has 0 saturated carbocycles. The van der Waals surface area contributed by atoms with E-state index in [1.165, 1.54) is 4.88 Å². The molecule has 1 aliphatic heterocycles. The fourth-order valence-corrected chi connectivity index (χ4v) is 4.39. The second-order valence-electron chi connectivity index (χ2n) is 6.41. The van der Waals surface area contributed by atoms with Gasteiger partial charge in [-0.3, -0.25) is 9.69 Å². The van der Waals surface area contributed by atoms with Crippen LogP contribution >= 0.6 is 22.9 Å². The third-order valence-electron chi connectivity index (χ3n) is 4.66. The van der Waals surface area contributed by atoms with E-state index in [4.69, 9.17) is 11.6 Å². The van der Waals surface area contributed by atoms with Crippen molar-refractivity contribution in [3.63, 3.8) is 0 Å². The number of carbonyl (C=O) groups excluding carboxylic acids is 1. The Kier molecular flexibility index (Phi) is 5.11. The summed E-state index contributed by atoms with van der Waals surface area (Å²) in [7, 11) is 0. The van der Waals surface area contributed by atoms with Crippen LogP contribution in [0.5, 0.6) is 0 Å². The quantitative estimate of drug-likeness (QED) is 0.675. The van der Waals surface area contributed by atoms with E-state index in [1.807, 2.05) is 64.3 Å². The van der Waals surface area contributed by atoms with Gasteiger partial charge in [0.05, 0.1) is 4.34 Å². The van der Waals surface area contributed by atoms with Gasteiger partial charge in [-0.15, -0.1) is 11.3 Å². The molecule has 0 N–H and O–H groups in total. The summed E-state index contributed by atoms with van der Waals surface area (Å²) in [4.78, 5) is 18.5. The highest BCUT2D eigenvalue weighted by molar-refractivity contribution is 7.16. The van der Waals surface area contributed by atoms with Crippen LogP contribution in [-0.4, -0.2) is 46.5 Å². The third-order valence-corrected chi connectivity index (χ3v) is 5.88. The number of amides is 1. The van der Waals surface area contributed by atoms with E-state index in [0.29, 0.717) is 0 Å². The fraction of sp³-hybridized carbons (Fsp3) is 0.250. The minimum absolute atomic E-state index is 0.109. The van der Waals surface area contributed by atoms with Crippen molar-refractivity contribution in [1.82, 2.24) is 14.4 Å². The summed E-state index contributed by atoms with van der Waals surface area (Å²) in [5.41, 5.74) is 1.75. The van der Waals surface area contributed by atoms with E-state index in [2.05, 4.69) is 11.0 Å². The second kappa shape index (κ2) is 7.66. The molecule has 1 aromatic carbocycles. The number of piperazine rings is 1. The summed E-state index contributed by atoms with van der Waals surface area (Å²) in [6.07, 6.45) is 3.97. The van der Waals surface area contributed by atoms with Gasteiger partial charge in [-0.2, -0.15) is 0 Å². The fourth-order valence-electron chi connectivity index (χ4n) is 3.25. The van der Waals surface area contributed by atoms with E-state index in [1.54, 1.807) is 11.3 Å². The molecule has 134 valence electrons. The number of hydrogen-bond acceptors (Lipinski definition) is 3. The van der Waals surface area contributed by atoms with E-state index in [9.17, 15) is 4.79 Å². The van der Waals surface area contributed by atoms with Crippen molar-refractivity contribution in [1.29, 1.82) is 0 Å². The molecule has 4 rings (SSSR count). The highest BCUT2D eigenvalue weighted by Crippen LogP contribution is 2.23. The molecule has 1 amide bonds. The summed E-state index contributed by atoms with van der Waals surface area (Å²) in [6.45, 7) is 4.19. The van der Waals surface area contributed by atoms with Crippen LogP contribution in [0.1, 0.15) is 15.2 Å². The molecule has 1 saturated heterocycles.